The number of likely N-dealkylation sites (N-methyl/N-ethyl adjacent to an activating group) is 2. The molecule has 0 bridgehead atoms. The van der Waals surface area contributed by atoms with Crippen LogP contribution < -0.4 is 5.32 Å². The third-order valence-corrected chi connectivity index (χ3v) is 2.59. The van der Waals surface area contributed by atoms with Gasteiger partial charge in [-0.3, -0.25) is 4.79 Å². The second kappa shape index (κ2) is 6.30. The number of nitrogens with zero attached hydrogens (tertiary/aromatic N) is 3. The van der Waals surface area contributed by atoms with E-state index in [9.17, 15) is 9.18 Å². The van der Waals surface area contributed by atoms with Gasteiger partial charge in [0.05, 0.1) is 5.56 Å². The lowest BCUT2D eigenvalue weighted by atomic mass is 10.2. The molecular formula is C12H19FN4O. The zero-order valence-corrected chi connectivity index (χ0v) is 11.2. The molecule has 0 fully saturated rings. The number of nitrogens with one attached hydrogen (secondary N) is 1. The van der Waals surface area contributed by atoms with E-state index in [1.807, 2.05) is 19.0 Å². The predicted molar refractivity (Wildman–Crippen MR) is 69.3 cm³/mol. The minimum Gasteiger partial charge on any atom is -0.371 e. The van der Waals surface area contributed by atoms with E-state index in [1.54, 1.807) is 14.1 Å². The topological polar surface area (TPSA) is 48.5 Å². The van der Waals surface area contributed by atoms with Gasteiger partial charge in [0.1, 0.15) is 0 Å². The second-order valence-electron chi connectivity index (χ2n) is 4.30. The number of pyridine rings is 1. The molecule has 6 heteroatoms. The number of carbonyl (C=O) groups excluding carboxylic acids is 1. The van der Waals surface area contributed by atoms with Gasteiger partial charge < -0.3 is 15.1 Å². The molecule has 18 heavy (non-hydrogen) atoms. The number of carbonyl (C=O) groups is 1. The van der Waals surface area contributed by atoms with Crippen LogP contribution in [0.4, 0.5) is 10.2 Å². The summed E-state index contributed by atoms with van der Waals surface area (Å²) in [6, 6.07) is 1.39. The minimum absolute atomic E-state index is 0.0376. The van der Waals surface area contributed by atoms with Crippen molar-refractivity contribution in [2.24, 2.45) is 0 Å². The van der Waals surface area contributed by atoms with Crippen LogP contribution >= 0.6 is 0 Å². The number of hydrogen-bond donors (Lipinski definition) is 1. The Morgan fingerprint density at radius 3 is 2.61 bits per heavy atom. The van der Waals surface area contributed by atoms with Crippen molar-refractivity contribution < 1.29 is 9.18 Å². The Hall–Kier alpha value is -1.69. The molecule has 0 saturated carbocycles. The molecule has 0 aliphatic carbocycles. The summed E-state index contributed by atoms with van der Waals surface area (Å²) in [4.78, 5) is 19.3. The molecule has 0 unspecified atom stereocenters. The van der Waals surface area contributed by atoms with Crippen LogP contribution in [0.3, 0.4) is 0 Å². The van der Waals surface area contributed by atoms with Crippen molar-refractivity contribution in [3.05, 3.63) is 23.6 Å². The second-order valence-corrected chi connectivity index (χ2v) is 4.30. The summed E-state index contributed by atoms with van der Waals surface area (Å²) < 4.78 is 13.9. The number of aromatic nitrogens is 1. The zero-order valence-electron chi connectivity index (χ0n) is 11.2. The fourth-order valence-electron chi connectivity index (χ4n) is 1.44. The van der Waals surface area contributed by atoms with E-state index in [1.165, 1.54) is 17.2 Å². The maximum absolute atomic E-state index is 13.9. The molecule has 1 aromatic rings. The summed E-state index contributed by atoms with van der Waals surface area (Å²) in [5.41, 5.74) is 0.0376. The first kappa shape index (κ1) is 14.4. The largest absolute Gasteiger partial charge is 0.371 e. The van der Waals surface area contributed by atoms with E-state index in [-0.39, 0.29) is 17.3 Å². The maximum atomic E-state index is 13.9. The minimum atomic E-state index is -0.610. The third-order valence-electron chi connectivity index (χ3n) is 2.59. The normalized spacial score (nSPS) is 10.6. The van der Waals surface area contributed by atoms with Crippen LogP contribution in [0.25, 0.3) is 0 Å². The van der Waals surface area contributed by atoms with Crippen LogP contribution in [-0.4, -0.2) is 62.0 Å². The molecule has 0 aliphatic rings. The van der Waals surface area contributed by atoms with Crippen molar-refractivity contribution in [3.63, 3.8) is 0 Å². The first-order valence-corrected chi connectivity index (χ1v) is 5.69. The summed E-state index contributed by atoms with van der Waals surface area (Å²) >= 11 is 0. The van der Waals surface area contributed by atoms with E-state index in [4.69, 9.17) is 0 Å². The Labute approximate surface area is 107 Å². The molecule has 0 radical (unpaired) electrons. The number of amides is 1. The van der Waals surface area contributed by atoms with Crippen molar-refractivity contribution in [2.75, 3.05) is 46.6 Å². The Morgan fingerprint density at radius 2 is 2.06 bits per heavy atom. The SMILES string of the molecule is CNc1nccc(C(=O)N(C)CCN(C)C)c1F. The molecule has 5 nitrogen and oxygen atoms in total. The van der Waals surface area contributed by atoms with Crippen LogP contribution in [-0.2, 0) is 0 Å². The smallest absolute Gasteiger partial charge is 0.256 e. The number of rotatable bonds is 5. The van der Waals surface area contributed by atoms with Gasteiger partial charge in [-0.2, -0.15) is 0 Å². The van der Waals surface area contributed by atoms with Gasteiger partial charge in [-0.15, -0.1) is 0 Å². The van der Waals surface area contributed by atoms with Crippen molar-refractivity contribution in [2.45, 2.75) is 0 Å². The Morgan fingerprint density at radius 1 is 1.39 bits per heavy atom. The molecule has 0 aromatic carbocycles. The van der Waals surface area contributed by atoms with Crippen molar-refractivity contribution >= 4 is 11.7 Å². The predicted octanol–water partition coefficient (Wildman–Crippen LogP) is 0.896. The molecule has 100 valence electrons. The van der Waals surface area contributed by atoms with Gasteiger partial charge in [0.25, 0.3) is 5.91 Å². The van der Waals surface area contributed by atoms with Crippen molar-refractivity contribution in [1.82, 2.24) is 14.8 Å². The number of halogens is 1. The molecule has 0 saturated heterocycles. The van der Waals surface area contributed by atoms with Gasteiger partial charge >= 0.3 is 0 Å². The summed E-state index contributed by atoms with van der Waals surface area (Å²) in [7, 11) is 7.06. The molecule has 1 amide bonds. The summed E-state index contributed by atoms with van der Waals surface area (Å²) in [5.74, 6) is -0.864. The fourth-order valence-corrected chi connectivity index (χ4v) is 1.44. The highest BCUT2D eigenvalue weighted by Crippen LogP contribution is 2.15. The van der Waals surface area contributed by atoms with E-state index in [2.05, 4.69) is 10.3 Å². The number of anilines is 1. The van der Waals surface area contributed by atoms with Crippen LogP contribution in [0.15, 0.2) is 12.3 Å². The fraction of sp³-hybridized carbons (Fsp3) is 0.500. The first-order chi connectivity index (χ1) is 8.47. The standard InChI is InChI=1S/C12H19FN4O/c1-14-11-10(13)9(5-6-15-11)12(18)17(4)8-7-16(2)3/h5-6H,7-8H2,1-4H3,(H,14,15). The average molecular weight is 254 g/mol. The Balaban J connectivity index is 2.83. The van der Waals surface area contributed by atoms with Gasteiger partial charge in [0.15, 0.2) is 11.6 Å². The van der Waals surface area contributed by atoms with Gasteiger partial charge in [-0.25, -0.2) is 9.37 Å². The molecular weight excluding hydrogens is 235 g/mol. The Kier molecular flexibility index (Phi) is 5.03. The first-order valence-electron chi connectivity index (χ1n) is 5.69. The third kappa shape index (κ3) is 3.40. The summed E-state index contributed by atoms with van der Waals surface area (Å²) in [5, 5.41) is 2.61. The lowest BCUT2D eigenvalue weighted by Gasteiger charge is -2.20. The van der Waals surface area contributed by atoms with Gasteiger partial charge in [0.2, 0.25) is 0 Å². The van der Waals surface area contributed by atoms with E-state index in [0.717, 1.165) is 6.54 Å². The maximum Gasteiger partial charge on any atom is 0.256 e. The molecule has 1 heterocycles. The van der Waals surface area contributed by atoms with E-state index < -0.39 is 5.82 Å². The van der Waals surface area contributed by atoms with Gasteiger partial charge in [0, 0.05) is 33.4 Å². The average Bonchev–Trinajstić information content (AvgIpc) is 2.35. The van der Waals surface area contributed by atoms with Crippen LogP contribution in [0.2, 0.25) is 0 Å². The molecule has 1 N–H and O–H groups in total. The quantitative estimate of drug-likeness (QED) is 0.848. The molecule has 0 aliphatic heterocycles. The van der Waals surface area contributed by atoms with Gasteiger partial charge in [-0.05, 0) is 20.2 Å². The lowest BCUT2D eigenvalue weighted by molar-refractivity contribution is 0.0781. The Bertz CT molecular complexity index is 423. The highest BCUT2D eigenvalue weighted by molar-refractivity contribution is 5.95. The summed E-state index contributed by atoms with van der Waals surface area (Å²) in [6.45, 7) is 1.27. The molecule has 1 rings (SSSR count). The van der Waals surface area contributed by atoms with Crippen LogP contribution in [0, 0.1) is 5.82 Å². The lowest BCUT2D eigenvalue weighted by Crippen LogP contribution is -2.34. The molecule has 0 spiro atoms. The highest BCUT2D eigenvalue weighted by atomic mass is 19.1. The van der Waals surface area contributed by atoms with Crippen molar-refractivity contribution in [3.8, 4) is 0 Å². The van der Waals surface area contributed by atoms with Crippen molar-refractivity contribution in [1.29, 1.82) is 0 Å². The van der Waals surface area contributed by atoms with Crippen LogP contribution in [0.5, 0.6) is 0 Å². The molecule has 0 atom stereocenters. The van der Waals surface area contributed by atoms with Gasteiger partial charge in [-0.1, -0.05) is 0 Å². The summed E-state index contributed by atoms with van der Waals surface area (Å²) in [6.07, 6.45) is 1.42. The zero-order chi connectivity index (χ0) is 13.7. The number of hydrogen-bond acceptors (Lipinski definition) is 4. The van der Waals surface area contributed by atoms with E-state index >= 15 is 0 Å². The monoisotopic (exact) mass is 254 g/mol. The van der Waals surface area contributed by atoms with E-state index in [0.29, 0.717) is 6.54 Å². The highest BCUT2D eigenvalue weighted by Gasteiger charge is 2.18. The molecule has 1 aromatic heterocycles. The van der Waals surface area contributed by atoms with Crippen LogP contribution in [0.1, 0.15) is 10.4 Å².